The maximum absolute atomic E-state index is 13.9. The SMILES string of the molecule is CN(C)C(=O)Cn1c(Nc2c(Cl)ccc(CNC(=O)C(C)(C)C)c2Cl)nc2cc(C(=O)NC3CCC(C(F)(F)F)CC3)c(N3CCC(C(F)(F)F)CC3)nc21. The Morgan fingerprint density at radius 3 is 2.05 bits per heavy atom. The number of anilines is 3. The van der Waals surface area contributed by atoms with E-state index in [1.54, 1.807) is 51.9 Å². The molecule has 3 N–H and O–H groups in total. The van der Waals surface area contributed by atoms with Crippen molar-refractivity contribution in [3.8, 4) is 0 Å². The van der Waals surface area contributed by atoms with Crippen molar-refractivity contribution in [3.63, 3.8) is 0 Å². The minimum absolute atomic E-state index is 0.0290. The normalized spacial score (nSPS) is 18.7. The highest BCUT2D eigenvalue weighted by Gasteiger charge is 2.43. The zero-order valence-corrected chi connectivity index (χ0v) is 32.5. The van der Waals surface area contributed by atoms with Gasteiger partial charge in [-0.15, -0.1) is 0 Å². The van der Waals surface area contributed by atoms with Crippen molar-refractivity contribution in [2.24, 2.45) is 17.3 Å². The summed E-state index contributed by atoms with van der Waals surface area (Å²) in [6.45, 7) is 4.89. The number of carbonyl (C=O) groups excluding carboxylic acids is 3. The van der Waals surface area contributed by atoms with E-state index in [1.165, 1.54) is 15.5 Å². The Morgan fingerprint density at radius 1 is 0.891 bits per heavy atom. The Morgan fingerprint density at radius 2 is 1.49 bits per heavy atom. The Bertz CT molecular complexity index is 1910. The number of alkyl halides is 6. The summed E-state index contributed by atoms with van der Waals surface area (Å²) in [5, 5.41) is 9.06. The Kier molecular flexibility index (Phi) is 12.4. The Labute approximate surface area is 324 Å². The average Bonchev–Trinajstić information content (AvgIpc) is 3.43. The van der Waals surface area contributed by atoms with Gasteiger partial charge in [0.15, 0.2) is 5.65 Å². The van der Waals surface area contributed by atoms with Crippen LogP contribution in [0.5, 0.6) is 0 Å². The molecule has 1 saturated heterocycles. The van der Waals surface area contributed by atoms with Gasteiger partial charge in [0.2, 0.25) is 17.8 Å². The van der Waals surface area contributed by atoms with E-state index in [0.717, 1.165) is 0 Å². The van der Waals surface area contributed by atoms with Gasteiger partial charge < -0.3 is 25.8 Å². The second-order valence-corrected chi connectivity index (χ2v) is 16.1. The standard InChI is InChI=1S/C36H44Cl2F6N8O3/c1-34(2,3)32(55)45-17-19-6-11-24(37)28(27(19)38)48-33-47-25-16-23(31(54)46-22-9-7-20(8-10-22)35(39,40)41)29(49-30(25)52(33)18-26(53)50(4)5)51-14-12-21(13-15-51)36(42,43)44/h6,11,16,20-22H,7-10,12-15,17-18H2,1-5H3,(H,45,55)(H,46,54)(H,47,48). The number of rotatable bonds is 9. The van der Waals surface area contributed by atoms with Crippen molar-refractivity contribution in [1.29, 1.82) is 0 Å². The fourth-order valence-electron chi connectivity index (χ4n) is 6.62. The van der Waals surface area contributed by atoms with Gasteiger partial charge in [0.1, 0.15) is 17.9 Å². The molecule has 3 heterocycles. The number of piperidine rings is 1. The summed E-state index contributed by atoms with van der Waals surface area (Å²) >= 11 is 13.4. The summed E-state index contributed by atoms with van der Waals surface area (Å²) < 4.78 is 82.3. The predicted molar refractivity (Wildman–Crippen MR) is 198 cm³/mol. The lowest BCUT2D eigenvalue weighted by Crippen LogP contribution is -2.42. The predicted octanol–water partition coefficient (Wildman–Crippen LogP) is 7.86. The third kappa shape index (κ3) is 9.88. The van der Waals surface area contributed by atoms with Gasteiger partial charge in [0.25, 0.3) is 5.91 Å². The molecule has 2 aromatic heterocycles. The van der Waals surface area contributed by atoms with Gasteiger partial charge in [-0.05, 0) is 56.2 Å². The lowest BCUT2D eigenvalue weighted by molar-refractivity contribution is -0.182. The van der Waals surface area contributed by atoms with Crippen LogP contribution in [-0.2, 0) is 22.7 Å². The fraction of sp³-hybridized carbons (Fsp3) is 0.583. The number of halogens is 8. The van der Waals surface area contributed by atoms with Gasteiger partial charge in [-0.2, -0.15) is 26.3 Å². The summed E-state index contributed by atoms with van der Waals surface area (Å²) in [5.74, 6) is -4.16. The number of hydrogen-bond acceptors (Lipinski definition) is 7. The van der Waals surface area contributed by atoms with E-state index in [2.05, 4.69) is 20.9 Å². The van der Waals surface area contributed by atoms with Crippen LogP contribution in [0.3, 0.4) is 0 Å². The number of pyridine rings is 1. The Balaban J connectivity index is 1.56. The van der Waals surface area contributed by atoms with E-state index in [-0.39, 0.29) is 121 Å². The number of carbonyl (C=O) groups is 3. The van der Waals surface area contributed by atoms with Gasteiger partial charge in [-0.25, -0.2) is 9.97 Å². The van der Waals surface area contributed by atoms with Crippen LogP contribution in [0.1, 0.15) is 75.2 Å². The molecule has 3 aromatic rings. The highest BCUT2D eigenvalue weighted by molar-refractivity contribution is 6.39. The molecule has 0 spiro atoms. The third-order valence-electron chi connectivity index (χ3n) is 10.0. The zero-order valence-electron chi connectivity index (χ0n) is 31.0. The number of benzene rings is 1. The van der Waals surface area contributed by atoms with Gasteiger partial charge >= 0.3 is 12.4 Å². The molecule has 0 radical (unpaired) electrons. The monoisotopic (exact) mass is 820 g/mol. The van der Waals surface area contributed by atoms with Gasteiger partial charge in [0.05, 0.1) is 33.1 Å². The van der Waals surface area contributed by atoms with Crippen LogP contribution in [0.25, 0.3) is 11.2 Å². The fourth-order valence-corrected chi connectivity index (χ4v) is 7.15. The minimum Gasteiger partial charge on any atom is -0.356 e. The lowest BCUT2D eigenvalue weighted by Gasteiger charge is -2.35. The third-order valence-corrected chi connectivity index (χ3v) is 10.8. The molecule has 2 aliphatic rings. The molecular weight excluding hydrogens is 777 g/mol. The molecule has 0 bridgehead atoms. The molecule has 0 atom stereocenters. The molecule has 3 amide bonds. The van der Waals surface area contributed by atoms with Crippen LogP contribution in [0.15, 0.2) is 18.2 Å². The number of nitrogens with zero attached hydrogens (tertiary/aromatic N) is 5. The first kappa shape index (κ1) is 42.2. The first-order valence-electron chi connectivity index (χ1n) is 17.9. The Hall–Kier alpha value is -3.99. The molecule has 1 aliphatic heterocycles. The summed E-state index contributed by atoms with van der Waals surface area (Å²) in [6, 6.07) is 4.06. The molecule has 55 heavy (non-hydrogen) atoms. The second-order valence-electron chi connectivity index (χ2n) is 15.3. The quantitative estimate of drug-likeness (QED) is 0.188. The second kappa shape index (κ2) is 16.2. The highest BCUT2D eigenvalue weighted by atomic mass is 35.5. The lowest BCUT2D eigenvalue weighted by atomic mass is 9.85. The molecular formula is C36H44Cl2F6N8O3. The number of likely N-dealkylation sites (N-methyl/N-ethyl adjacent to an activating group) is 1. The molecule has 1 aromatic carbocycles. The van der Waals surface area contributed by atoms with Crippen LogP contribution in [0.4, 0.5) is 43.8 Å². The zero-order chi connectivity index (χ0) is 40.6. The van der Waals surface area contributed by atoms with Crippen molar-refractivity contribution in [1.82, 2.24) is 30.1 Å². The van der Waals surface area contributed by atoms with Crippen LogP contribution >= 0.6 is 23.2 Å². The first-order valence-corrected chi connectivity index (χ1v) is 18.6. The molecule has 2 fully saturated rings. The van der Waals surface area contributed by atoms with E-state index in [1.807, 2.05) is 0 Å². The van der Waals surface area contributed by atoms with Crippen LogP contribution in [0.2, 0.25) is 10.0 Å². The van der Waals surface area contributed by atoms with Gasteiger partial charge in [-0.3, -0.25) is 19.0 Å². The first-order chi connectivity index (χ1) is 25.5. The summed E-state index contributed by atoms with van der Waals surface area (Å²) in [5.41, 5.74) is 0.277. The van der Waals surface area contributed by atoms with E-state index in [0.29, 0.717) is 5.56 Å². The molecule has 302 valence electrons. The van der Waals surface area contributed by atoms with E-state index in [9.17, 15) is 40.7 Å². The molecule has 1 saturated carbocycles. The summed E-state index contributed by atoms with van der Waals surface area (Å²) in [6.07, 6.45) is -9.36. The number of aromatic nitrogens is 3. The summed E-state index contributed by atoms with van der Waals surface area (Å²) in [7, 11) is 3.10. The summed E-state index contributed by atoms with van der Waals surface area (Å²) in [4.78, 5) is 52.0. The van der Waals surface area contributed by atoms with Gasteiger partial charge in [-0.1, -0.05) is 50.0 Å². The largest absolute Gasteiger partial charge is 0.391 e. The number of amides is 3. The molecule has 19 heteroatoms. The molecule has 5 rings (SSSR count). The van der Waals surface area contributed by atoms with Crippen LogP contribution in [-0.4, -0.2) is 82.7 Å². The van der Waals surface area contributed by atoms with Gasteiger partial charge in [0, 0.05) is 45.2 Å². The maximum Gasteiger partial charge on any atom is 0.391 e. The topological polar surface area (TPSA) is 124 Å². The number of hydrogen-bond donors (Lipinski definition) is 3. The van der Waals surface area contributed by atoms with Crippen molar-refractivity contribution < 1.29 is 40.7 Å². The smallest absolute Gasteiger partial charge is 0.356 e. The minimum atomic E-state index is -4.40. The van der Waals surface area contributed by atoms with Crippen molar-refractivity contribution in [2.75, 3.05) is 37.4 Å². The van der Waals surface area contributed by atoms with Crippen molar-refractivity contribution >= 4 is 69.5 Å². The van der Waals surface area contributed by atoms with E-state index < -0.39 is 41.6 Å². The van der Waals surface area contributed by atoms with Crippen molar-refractivity contribution in [3.05, 3.63) is 39.4 Å². The van der Waals surface area contributed by atoms with E-state index in [4.69, 9.17) is 28.2 Å². The highest BCUT2D eigenvalue weighted by Crippen LogP contribution is 2.40. The van der Waals surface area contributed by atoms with Crippen LogP contribution < -0.4 is 20.9 Å². The maximum atomic E-state index is 13.9. The molecule has 1 aliphatic carbocycles. The number of imidazole rings is 1. The van der Waals surface area contributed by atoms with Crippen molar-refractivity contribution in [2.45, 2.75) is 90.8 Å². The average molecular weight is 822 g/mol. The van der Waals surface area contributed by atoms with Crippen LogP contribution in [0, 0.1) is 17.3 Å². The van der Waals surface area contributed by atoms with E-state index >= 15 is 0 Å². The molecule has 0 unspecified atom stereocenters. The molecule has 11 nitrogen and oxygen atoms in total. The number of fused-ring (bicyclic) bond motifs is 1. The number of nitrogens with one attached hydrogen (secondary N) is 3.